The molecule has 0 nitrogen and oxygen atoms in total. The van der Waals surface area contributed by atoms with Crippen LogP contribution in [0.5, 0.6) is 0 Å². The molecule has 6 heteroatoms. The Morgan fingerprint density at radius 2 is 0.500 bits per heavy atom. The van der Waals surface area contributed by atoms with E-state index in [4.69, 9.17) is 0 Å². The van der Waals surface area contributed by atoms with E-state index in [1.165, 1.54) is 0 Å². The maximum absolute atomic E-state index is 0. The van der Waals surface area contributed by atoms with Gasteiger partial charge in [0.1, 0.15) is 0 Å². The van der Waals surface area contributed by atoms with Gasteiger partial charge in [-0.15, -0.1) is 0 Å². The molecule has 37 valence electrons. The third kappa shape index (κ3) is 27.0. The summed E-state index contributed by atoms with van der Waals surface area (Å²) in [6.45, 7) is 0. The molecule has 0 spiro atoms. The van der Waals surface area contributed by atoms with Gasteiger partial charge in [-0.05, 0) is 0 Å². The molecule has 0 aliphatic rings. The molecule has 0 fully saturated rings. The smallest absolute Gasteiger partial charge is 1.00 e. The molecule has 0 aliphatic carbocycles. The largest absolute Gasteiger partial charge is 2.00 e. The summed E-state index contributed by atoms with van der Waals surface area (Å²) in [6, 6.07) is 0. The maximum atomic E-state index is 0. The molecular formula is Br4MgMn. The number of hydrogen-bond donors (Lipinski definition) is 0. The van der Waals surface area contributed by atoms with Crippen LogP contribution in [0.1, 0.15) is 0 Å². The van der Waals surface area contributed by atoms with E-state index in [-0.39, 0.29) is 108 Å². The van der Waals surface area contributed by atoms with Crippen LogP contribution in [-0.2, 0) is 17.1 Å². The summed E-state index contributed by atoms with van der Waals surface area (Å²) >= 11 is 0. The molecule has 0 unspecified atom stereocenters. The van der Waals surface area contributed by atoms with Gasteiger partial charge in [-0.3, -0.25) is 0 Å². The van der Waals surface area contributed by atoms with E-state index in [1.54, 1.807) is 0 Å². The predicted octanol–water partition coefficient (Wildman–Crippen LogP) is -12.4. The van der Waals surface area contributed by atoms with Gasteiger partial charge in [0, 0.05) is 0 Å². The number of rotatable bonds is 0. The molecular weight excluding hydrogens is 399 g/mol. The van der Waals surface area contributed by atoms with Gasteiger partial charge in [0.2, 0.25) is 0 Å². The van der Waals surface area contributed by atoms with Gasteiger partial charge in [-0.2, -0.15) is 0 Å². The van der Waals surface area contributed by atoms with Crippen LogP contribution in [0.3, 0.4) is 0 Å². The Morgan fingerprint density at radius 1 is 0.500 bits per heavy atom. The minimum Gasteiger partial charge on any atom is -1.00 e. The van der Waals surface area contributed by atoms with Crippen molar-refractivity contribution < 1.29 is 85.0 Å². The minimum absolute atomic E-state index is 0. The fourth-order valence-corrected chi connectivity index (χ4v) is 0. The Hall–Kier alpha value is 3.21. The summed E-state index contributed by atoms with van der Waals surface area (Å²) in [4.78, 5) is 0. The Morgan fingerprint density at radius 3 is 0.500 bits per heavy atom. The molecule has 0 atom stereocenters. The normalized spacial score (nSPS) is 0. The van der Waals surface area contributed by atoms with Crippen LogP contribution in [0, 0.1) is 0 Å². The topological polar surface area (TPSA) is 0 Å². The van der Waals surface area contributed by atoms with Gasteiger partial charge in [0.05, 0.1) is 0 Å². The Kier molecular flexibility index (Phi) is 417. The first-order valence-corrected chi connectivity index (χ1v) is 0. The SMILES string of the molecule is [Br-].[Br-].[Br-].[Br-].[Mg+2].[Mn+2]. The van der Waals surface area contributed by atoms with Crippen molar-refractivity contribution in [3.8, 4) is 0 Å². The van der Waals surface area contributed by atoms with Crippen molar-refractivity contribution in [2.75, 3.05) is 0 Å². The summed E-state index contributed by atoms with van der Waals surface area (Å²) < 4.78 is 0. The van der Waals surface area contributed by atoms with Crippen molar-refractivity contribution >= 4 is 23.1 Å². The zero-order valence-electron chi connectivity index (χ0n) is 2.60. The third-order valence-corrected chi connectivity index (χ3v) is 0. The zero-order chi connectivity index (χ0) is 0. The average Bonchev–Trinajstić information content (AvgIpc) is 0. The molecule has 6 heavy (non-hydrogen) atoms. The molecule has 1 radical (unpaired) electrons. The molecule has 0 N–H and O–H groups in total. The minimum atomic E-state index is 0. The van der Waals surface area contributed by atoms with Gasteiger partial charge in [0.25, 0.3) is 0 Å². The predicted molar refractivity (Wildman–Crippen MR) is 5.75 cm³/mol. The summed E-state index contributed by atoms with van der Waals surface area (Å²) in [5.74, 6) is 0. The molecule has 0 aromatic heterocycles. The Balaban J connectivity index is 0. The zero-order valence-corrected chi connectivity index (χ0v) is 11.5. The monoisotopic (exact) mass is 395 g/mol. The molecule has 0 aliphatic heterocycles. The Labute approximate surface area is 106 Å². The van der Waals surface area contributed by atoms with Crippen LogP contribution in [0.2, 0.25) is 0 Å². The van der Waals surface area contributed by atoms with Crippen LogP contribution in [-0.4, -0.2) is 23.1 Å². The molecule has 0 bridgehead atoms. The third-order valence-electron chi connectivity index (χ3n) is 0. The molecule has 0 heterocycles. The molecule has 0 amide bonds. The van der Waals surface area contributed by atoms with Gasteiger partial charge in [-0.1, -0.05) is 0 Å². The van der Waals surface area contributed by atoms with Crippen LogP contribution in [0.15, 0.2) is 0 Å². The van der Waals surface area contributed by atoms with E-state index in [9.17, 15) is 0 Å². The van der Waals surface area contributed by atoms with Crippen molar-refractivity contribution in [3.63, 3.8) is 0 Å². The molecule has 0 aromatic carbocycles. The number of halogens is 4. The van der Waals surface area contributed by atoms with Gasteiger partial charge < -0.3 is 67.9 Å². The first-order valence-electron chi connectivity index (χ1n) is 0. The second-order valence-corrected chi connectivity index (χ2v) is 0. The van der Waals surface area contributed by atoms with Gasteiger partial charge in [0.15, 0.2) is 0 Å². The molecule has 0 aromatic rings. The van der Waals surface area contributed by atoms with E-state index in [2.05, 4.69) is 0 Å². The van der Waals surface area contributed by atoms with Crippen LogP contribution < -0.4 is 67.9 Å². The first-order chi connectivity index (χ1) is 0. The van der Waals surface area contributed by atoms with Crippen LogP contribution in [0.4, 0.5) is 0 Å². The number of hydrogen-bond acceptors (Lipinski definition) is 0. The van der Waals surface area contributed by atoms with Crippen molar-refractivity contribution in [2.45, 2.75) is 0 Å². The fourth-order valence-electron chi connectivity index (χ4n) is 0. The maximum Gasteiger partial charge on any atom is 2.00 e. The Bertz CT molecular complexity index is 7.51. The summed E-state index contributed by atoms with van der Waals surface area (Å²) in [5.41, 5.74) is 0. The van der Waals surface area contributed by atoms with Gasteiger partial charge in [-0.25, -0.2) is 0 Å². The van der Waals surface area contributed by atoms with E-state index in [0.717, 1.165) is 0 Å². The molecule has 0 rings (SSSR count). The van der Waals surface area contributed by atoms with E-state index in [0.29, 0.717) is 0 Å². The fraction of sp³-hybridized carbons (Fsp3) is 0. The van der Waals surface area contributed by atoms with E-state index < -0.39 is 0 Å². The van der Waals surface area contributed by atoms with E-state index in [1.807, 2.05) is 0 Å². The quantitative estimate of drug-likeness (QED) is 0.356. The summed E-state index contributed by atoms with van der Waals surface area (Å²) in [5, 5.41) is 0. The second-order valence-electron chi connectivity index (χ2n) is 0. The average molecular weight is 399 g/mol. The van der Waals surface area contributed by atoms with Crippen molar-refractivity contribution in [3.05, 3.63) is 0 Å². The van der Waals surface area contributed by atoms with Crippen molar-refractivity contribution in [1.82, 2.24) is 0 Å². The summed E-state index contributed by atoms with van der Waals surface area (Å²) in [6.07, 6.45) is 0. The second kappa shape index (κ2) is 41.5. The molecule has 0 saturated heterocycles. The van der Waals surface area contributed by atoms with Crippen molar-refractivity contribution in [1.29, 1.82) is 0 Å². The molecule has 0 saturated carbocycles. The van der Waals surface area contributed by atoms with Crippen LogP contribution in [0.25, 0.3) is 0 Å². The van der Waals surface area contributed by atoms with E-state index >= 15 is 0 Å². The van der Waals surface area contributed by atoms with Crippen molar-refractivity contribution in [2.24, 2.45) is 0 Å². The first kappa shape index (κ1) is 60.3. The summed E-state index contributed by atoms with van der Waals surface area (Å²) in [7, 11) is 0. The van der Waals surface area contributed by atoms with Crippen LogP contribution >= 0.6 is 0 Å². The van der Waals surface area contributed by atoms with Gasteiger partial charge >= 0.3 is 40.1 Å². The standard InChI is InChI=1S/4BrH.Mg.Mn/h4*1H;;/q;;;;2*+2/p-4.